The van der Waals surface area contributed by atoms with E-state index < -0.39 is 0 Å². The topological polar surface area (TPSA) is 21.3 Å². The minimum absolute atomic E-state index is 0.388. The molecule has 2 nitrogen and oxygen atoms in total. The smallest absolute Gasteiger partial charge is 0.118 e. The number of methoxy groups -OCH3 is 1. The van der Waals surface area contributed by atoms with Gasteiger partial charge in [0.2, 0.25) is 0 Å². The van der Waals surface area contributed by atoms with Crippen LogP contribution >= 0.6 is 22.6 Å². The van der Waals surface area contributed by atoms with Gasteiger partial charge in [0, 0.05) is 9.61 Å². The molecule has 21 heavy (non-hydrogen) atoms. The molecule has 1 atom stereocenters. The first kappa shape index (κ1) is 16.3. The summed E-state index contributed by atoms with van der Waals surface area (Å²) in [6.45, 7) is 2.17. The number of rotatable bonds is 6. The van der Waals surface area contributed by atoms with E-state index in [2.05, 4.69) is 65.2 Å². The molecule has 0 aliphatic rings. The number of benzene rings is 2. The van der Waals surface area contributed by atoms with Gasteiger partial charge in [-0.05, 0) is 78.2 Å². The molecule has 0 amide bonds. The highest BCUT2D eigenvalue weighted by atomic mass is 127. The molecule has 1 unspecified atom stereocenters. The minimum Gasteiger partial charge on any atom is -0.497 e. The normalized spacial score (nSPS) is 12.2. The average molecular weight is 395 g/mol. The van der Waals surface area contributed by atoms with E-state index in [1.807, 2.05) is 19.2 Å². The van der Waals surface area contributed by atoms with E-state index in [1.54, 1.807) is 7.11 Å². The fraction of sp³-hybridized carbons (Fsp3) is 0.333. The number of aryl methyl sites for hydroxylation is 2. The summed E-state index contributed by atoms with van der Waals surface area (Å²) in [5.74, 6) is 0.914. The molecule has 0 saturated heterocycles. The predicted molar refractivity (Wildman–Crippen MR) is 97.0 cm³/mol. The lowest BCUT2D eigenvalue weighted by Crippen LogP contribution is -2.18. The van der Waals surface area contributed by atoms with Gasteiger partial charge < -0.3 is 10.1 Å². The second kappa shape index (κ2) is 7.80. The number of halogens is 1. The number of hydrogen-bond acceptors (Lipinski definition) is 2. The van der Waals surface area contributed by atoms with Crippen molar-refractivity contribution in [3.8, 4) is 5.75 Å². The molecule has 0 radical (unpaired) electrons. The van der Waals surface area contributed by atoms with E-state index in [4.69, 9.17) is 4.74 Å². The van der Waals surface area contributed by atoms with Gasteiger partial charge in [0.1, 0.15) is 5.75 Å². The zero-order valence-corrected chi connectivity index (χ0v) is 15.0. The van der Waals surface area contributed by atoms with Crippen LogP contribution in [-0.4, -0.2) is 14.2 Å². The molecule has 0 heterocycles. The number of hydrogen-bond donors (Lipinski definition) is 1. The molecule has 1 N–H and O–H groups in total. The fourth-order valence-electron chi connectivity index (χ4n) is 2.50. The Morgan fingerprint density at radius 1 is 1.14 bits per heavy atom. The third kappa shape index (κ3) is 4.20. The van der Waals surface area contributed by atoms with Gasteiger partial charge in [0.25, 0.3) is 0 Å². The second-order valence-electron chi connectivity index (χ2n) is 5.21. The lowest BCUT2D eigenvalue weighted by atomic mass is 9.98. The summed E-state index contributed by atoms with van der Waals surface area (Å²) in [4.78, 5) is 0. The van der Waals surface area contributed by atoms with Gasteiger partial charge in [-0.2, -0.15) is 0 Å². The molecule has 3 heteroatoms. The Hall–Kier alpha value is -1.07. The minimum atomic E-state index is 0.388. The van der Waals surface area contributed by atoms with Gasteiger partial charge in [-0.15, -0.1) is 0 Å². The lowest BCUT2D eigenvalue weighted by Gasteiger charge is -2.19. The van der Waals surface area contributed by atoms with Crippen LogP contribution in [0.2, 0.25) is 0 Å². The Labute approximate surface area is 141 Å². The van der Waals surface area contributed by atoms with Crippen molar-refractivity contribution in [2.45, 2.75) is 25.8 Å². The van der Waals surface area contributed by atoms with Crippen LogP contribution < -0.4 is 10.1 Å². The highest BCUT2D eigenvalue weighted by molar-refractivity contribution is 14.1. The Morgan fingerprint density at radius 3 is 2.48 bits per heavy atom. The van der Waals surface area contributed by atoms with Crippen molar-refractivity contribution in [2.24, 2.45) is 0 Å². The van der Waals surface area contributed by atoms with Crippen LogP contribution in [0, 0.1) is 10.5 Å². The Morgan fingerprint density at radius 2 is 1.86 bits per heavy atom. The van der Waals surface area contributed by atoms with Gasteiger partial charge in [0.05, 0.1) is 7.11 Å². The van der Waals surface area contributed by atoms with E-state index in [9.17, 15) is 0 Å². The number of ether oxygens (including phenoxy) is 1. The highest BCUT2D eigenvalue weighted by Crippen LogP contribution is 2.26. The summed E-state index contributed by atoms with van der Waals surface area (Å²) in [6, 6.07) is 15.3. The zero-order valence-electron chi connectivity index (χ0n) is 12.8. The quantitative estimate of drug-likeness (QED) is 0.728. The van der Waals surface area contributed by atoms with Crippen LogP contribution in [0.25, 0.3) is 0 Å². The molecule has 2 aromatic rings. The first-order chi connectivity index (χ1) is 10.2. The van der Waals surface area contributed by atoms with Crippen molar-refractivity contribution >= 4 is 22.6 Å². The van der Waals surface area contributed by atoms with Crippen LogP contribution in [0.5, 0.6) is 5.75 Å². The molecule has 0 spiro atoms. The van der Waals surface area contributed by atoms with E-state index in [0.29, 0.717) is 6.04 Å². The molecule has 0 saturated carbocycles. The van der Waals surface area contributed by atoms with Crippen molar-refractivity contribution in [3.63, 3.8) is 0 Å². The first-order valence-corrected chi connectivity index (χ1v) is 8.28. The summed E-state index contributed by atoms with van der Waals surface area (Å²) in [7, 11) is 3.74. The summed E-state index contributed by atoms with van der Waals surface area (Å²) in [5.41, 5.74) is 4.09. The fourth-order valence-corrected chi connectivity index (χ4v) is 3.23. The number of nitrogens with one attached hydrogen (secondary N) is 1. The molecule has 0 fully saturated rings. The van der Waals surface area contributed by atoms with Crippen LogP contribution in [0.3, 0.4) is 0 Å². The predicted octanol–water partition coefficient (Wildman–Crippen LogP) is 4.50. The largest absolute Gasteiger partial charge is 0.497 e. The monoisotopic (exact) mass is 395 g/mol. The van der Waals surface area contributed by atoms with E-state index in [-0.39, 0.29) is 0 Å². The Kier molecular flexibility index (Phi) is 6.06. The maximum absolute atomic E-state index is 5.20. The van der Waals surface area contributed by atoms with Crippen LogP contribution in [0.15, 0.2) is 42.5 Å². The van der Waals surface area contributed by atoms with Crippen molar-refractivity contribution in [1.82, 2.24) is 5.32 Å². The Bertz CT molecular complexity index is 580. The van der Waals surface area contributed by atoms with Gasteiger partial charge in [-0.3, -0.25) is 0 Å². The van der Waals surface area contributed by atoms with Crippen molar-refractivity contribution in [2.75, 3.05) is 14.2 Å². The molecular weight excluding hydrogens is 373 g/mol. The van der Waals surface area contributed by atoms with E-state index in [0.717, 1.165) is 18.6 Å². The van der Waals surface area contributed by atoms with Gasteiger partial charge >= 0.3 is 0 Å². The molecule has 0 aromatic heterocycles. The van der Waals surface area contributed by atoms with Crippen molar-refractivity contribution in [1.29, 1.82) is 0 Å². The Balaban J connectivity index is 2.06. The van der Waals surface area contributed by atoms with E-state index >= 15 is 0 Å². The molecule has 0 bridgehead atoms. The molecule has 0 aliphatic carbocycles. The SMILES string of the molecule is CNC(CCc1ccc(OC)cc1)c1cccc(C)c1I. The van der Waals surface area contributed by atoms with Crippen molar-refractivity contribution in [3.05, 3.63) is 62.7 Å². The standard InChI is InChI=1S/C18H22INO/c1-13-5-4-6-16(18(13)19)17(20-2)12-9-14-7-10-15(21-3)11-8-14/h4-8,10-11,17,20H,9,12H2,1-3H3. The maximum Gasteiger partial charge on any atom is 0.118 e. The van der Waals surface area contributed by atoms with Crippen LogP contribution in [0.1, 0.15) is 29.2 Å². The zero-order chi connectivity index (χ0) is 15.2. The molecular formula is C18H22INO. The lowest BCUT2D eigenvalue weighted by molar-refractivity contribution is 0.414. The summed E-state index contributed by atoms with van der Waals surface area (Å²) in [6.07, 6.45) is 2.14. The highest BCUT2D eigenvalue weighted by Gasteiger charge is 2.13. The first-order valence-electron chi connectivity index (χ1n) is 7.21. The van der Waals surface area contributed by atoms with Gasteiger partial charge in [0.15, 0.2) is 0 Å². The summed E-state index contributed by atoms with van der Waals surface area (Å²) < 4.78 is 6.57. The third-order valence-corrected chi connectivity index (χ3v) is 5.30. The van der Waals surface area contributed by atoms with Gasteiger partial charge in [-0.1, -0.05) is 30.3 Å². The molecule has 2 aromatic carbocycles. The van der Waals surface area contributed by atoms with Crippen LogP contribution in [0.4, 0.5) is 0 Å². The van der Waals surface area contributed by atoms with E-state index in [1.165, 1.54) is 20.3 Å². The molecule has 112 valence electrons. The van der Waals surface area contributed by atoms with Gasteiger partial charge in [-0.25, -0.2) is 0 Å². The summed E-state index contributed by atoms with van der Waals surface area (Å²) >= 11 is 2.45. The van der Waals surface area contributed by atoms with Crippen molar-refractivity contribution < 1.29 is 4.74 Å². The second-order valence-corrected chi connectivity index (χ2v) is 6.28. The molecule has 0 aliphatic heterocycles. The maximum atomic E-state index is 5.20. The average Bonchev–Trinajstić information content (AvgIpc) is 2.52. The third-order valence-electron chi connectivity index (χ3n) is 3.83. The summed E-state index contributed by atoms with van der Waals surface area (Å²) in [5, 5.41) is 3.45. The molecule has 2 rings (SSSR count). The van der Waals surface area contributed by atoms with Crippen LogP contribution in [-0.2, 0) is 6.42 Å².